The van der Waals surface area contributed by atoms with E-state index in [1.54, 1.807) is 0 Å². The van der Waals surface area contributed by atoms with Crippen LogP contribution in [0.1, 0.15) is 12.5 Å². The standard InChI is InChI=1S/C12H14ClFN2/c1-2-16-7-8(3-4-15)10-5-9(14)6-11(13)12(10)16/h5-7H,2-4,15H2,1H3. The quantitative estimate of drug-likeness (QED) is 0.879. The summed E-state index contributed by atoms with van der Waals surface area (Å²) >= 11 is 6.07. The van der Waals surface area contributed by atoms with Gasteiger partial charge in [0, 0.05) is 18.1 Å². The highest BCUT2D eigenvalue weighted by Crippen LogP contribution is 2.29. The Labute approximate surface area is 98.8 Å². The molecule has 0 aliphatic heterocycles. The summed E-state index contributed by atoms with van der Waals surface area (Å²) in [5.41, 5.74) is 7.50. The maximum absolute atomic E-state index is 13.3. The van der Waals surface area contributed by atoms with Crippen LogP contribution in [0.3, 0.4) is 0 Å². The summed E-state index contributed by atoms with van der Waals surface area (Å²) in [4.78, 5) is 0. The van der Waals surface area contributed by atoms with Crippen LogP contribution in [0.15, 0.2) is 18.3 Å². The second kappa shape index (κ2) is 4.44. The Morgan fingerprint density at radius 1 is 1.44 bits per heavy atom. The van der Waals surface area contributed by atoms with Gasteiger partial charge in [-0.2, -0.15) is 0 Å². The van der Waals surface area contributed by atoms with Crippen molar-refractivity contribution >= 4 is 22.5 Å². The van der Waals surface area contributed by atoms with Crippen LogP contribution < -0.4 is 5.73 Å². The number of aromatic nitrogens is 1. The first-order valence-electron chi connectivity index (χ1n) is 5.34. The molecule has 0 fully saturated rings. The molecule has 0 saturated carbocycles. The fourth-order valence-corrected chi connectivity index (χ4v) is 2.34. The molecule has 0 aliphatic rings. The largest absolute Gasteiger partial charge is 0.346 e. The Morgan fingerprint density at radius 2 is 2.19 bits per heavy atom. The highest BCUT2D eigenvalue weighted by Gasteiger charge is 2.11. The van der Waals surface area contributed by atoms with Crippen LogP contribution in [0.4, 0.5) is 4.39 Å². The van der Waals surface area contributed by atoms with Gasteiger partial charge in [0.05, 0.1) is 10.5 Å². The molecule has 16 heavy (non-hydrogen) atoms. The molecule has 0 saturated heterocycles. The van der Waals surface area contributed by atoms with Crippen molar-refractivity contribution in [2.24, 2.45) is 5.73 Å². The third-order valence-electron chi connectivity index (χ3n) is 2.73. The van der Waals surface area contributed by atoms with Gasteiger partial charge in [-0.05, 0) is 37.6 Å². The van der Waals surface area contributed by atoms with Gasteiger partial charge in [-0.3, -0.25) is 0 Å². The Morgan fingerprint density at radius 3 is 2.81 bits per heavy atom. The first-order chi connectivity index (χ1) is 7.67. The second-order valence-electron chi connectivity index (χ2n) is 3.76. The number of aryl methyl sites for hydroxylation is 1. The van der Waals surface area contributed by atoms with E-state index in [1.165, 1.54) is 12.1 Å². The number of hydrogen-bond donors (Lipinski definition) is 1. The molecule has 86 valence electrons. The van der Waals surface area contributed by atoms with Gasteiger partial charge >= 0.3 is 0 Å². The Bertz CT molecular complexity index is 519. The molecule has 1 heterocycles. The average Bonchev–Trinajstić information content (AvgIpc) is 2.57. The van der Waals surface area contributed by atoms with Gasteiger partial charge in [-0.25, -0.2) is 4.39 Å². The first kappa shape index (κ1) is 11.4. The molecule has 0 spiro atoms. The third kappa shape index (κ3) is 1.81. The van der Waals surface area contributed by atoms with Crippen LogP contribution in [-0.2, 0) is 13.0 Å². The zero-order valence-electron chi connectivity index (χ0n) is 9.13. The van der Waals surface area contributed by atoms with Crippen molar-refractivity contribution in [1.82, 2.24) is 4.57 Å². The number of halogens is 2. The van der Waals surface area contributed by atoms with Gasteiger partial charge in [0.25, 0.3) is 0 Å². The van der Waals surface area contributed by atoms with Crippen LogP contribution in [0.2, 0.25) is 5.02 Å². The lowest BCUT2D eigenvalue weighted by molar-refractivity contribution is 0.629. The summed E-state index contributed by atoms with van der Waals surface area (Å²) in [6, 6.07) is 2.88. The molecule has 4 heteroatoms. The predicted octanol–water partition coefficient (Wildman–Crippen LogP) is 2.95. The van der Waals surface area contributed by atoms with Crippen LogP contribution >= 0.6 is 11.6 Å². The molecular weight excluding hydrogens is 227 g/mol. The van der Waals surface area contributed by atoms with Crippen molar-refractivity contribution in [3.05, 3.63) is 34.7 Å². The highest BCUT2D eigenvalue weighted by atomic mass is 35.5. The number of nitrogens with two attached hydrogens (primary N) is 1. The van der Waals surface area contributed by atoms with Crippen molar-refractivity contribution in [1.29, 1.82) is 0 Å². The number of benzene rings is 1. The summed E-state index contributed by atoms with van der Waals surface area (Å²) in [6.07, 6.45) is 2.74. The lowest BCUT2D eigenvalue weighted by Crippen LogP contribution is -2.02. The smallest absolute Gasteiger partial charge is 0.125 e. The zero-order valence-corrected chi connectivity index (χ0v) is 9.89. The van der Waals surface area contributed by atoms with Gasteiger partial charge in [-0.1, -0.05) is 11.6 Å². The van der Waals surface area contributed by atoms with Gasteiger partial charge in [-0.15, -0.1) is 0 Å². The molecule has 1 aromatic heterocycles. The number of rotatable bonds is 3. The predicted molar refractivity (Wildman–Crippen MR) is 65.3 cm³/mol. The van der Waals surface area contributed by atoms with E-state index in [-0.39, 0.29) is 5.82 Å². The van der Waals surface area contributed by atoms with Crippen LogP contribution in [0.5, 0.6) is 0 Å². The Balaban J connectivity index is 2.74. The van der Waals surface area contributed by atoms with E-state index >= 15 is 0 Å². The topological polar surface area (TPSA) is 30.9 Å². The van der Waals surface area contributed by atoms with E-state index in [4.69, 9.17) is 17.3 Å². The van der Waals surface area contributed by atoms with Crippen LogP contribution in [-0.4, -0.2) is 11.1 Å². The molecule has 2 nitrogen and oxygen atoms in total. The molecule has 2 N–H and O–H groups in total. The molecule has 0 radical (unpaired) electrons. The fraction of sp³-hybridized carbons (Fsp3) is 0.333. The molecule has 0 amide bonds. The molecule has 2 aromatic rings. The van der Waals surface area contributed by atoms with E-state index in [1.807, 2.05) is 17.7 Å². The molecule has 0 atom stereocenters. The molecular formula is C12H14ClFN2. The number of hydrogen-bond acceptors (Lipinski definition) is 1. The van der Waals surface area contributed by atoms with E-state index < -0.39 is 0 Å². The van der Waals surface area contributed by atoms with Crippen LogP contribution in [0, 0.1) is 5.82 Å². The van der Waals surface area contributed by atoms with E-state index in [0.29, 0.717) is 11.6 Å². The van der Waals surface area contributed by atoms with Crippen molar-refractivity contribution in [2.45, 2.75) is 19.9 Å². The SMILES string of the molecule is CCn1cc(CCN)c2cc(F)cc(Cl)c21. The summed E-state index contributed by atoms with van der Waals surface area (Å²) in [5, 5.41) is 1.33. The summed E-state index contributed by atoms with van der Waals surface area (Å²) in [5.74, 6) is -0.301. The second-order valence-corrected chi connectivity index (χ2v) is 4.17. The fourth-order valence-electron chi connectivity index (χ4n) is 2.03. The molecule has 0 aliphatic carbocycles. The zero-order chi connectivity index (χ0) is 11.7. The Hall–Kier alpha value is -1.06. The monoisotopic (exact) mass is 240 g/mol. The normalized spacial score (nSPS) is 11.2. The summed E-state index contributed by atoms with van der Waals surface area (Å²) in [6.45, 7) is 3.40. The minimum absolute atomic E-state index is 0.301. The number of nitrogens with zero attached hydrogens (tertiary/aromatic N) is 1. The first-order valence-corrected chi connectivity index (χ1v) is 5.72. The average molecular weight is 241 g/mol. The van der Waals surface area contributed by atoms with Gasteiger partial charge in [0.2, 0.25) is 0 Å². The third-order valence-corrected chi connectivity index (χ3v) is 3.02. The van der Waals surface area contributed by atoms with Gasteiger partial charge < -0.3 is 10.3 Å². The lowest BCUT2D eigenvalue weighted by Gasteiger charge is -2.02. The Kier molecular flexibility index (Phi) is 3.17. The van der Waals surface area contributed by atoms with Crippen LogP contribution in [0.25, 0.3) is 10.9 Å². The van der Waals surface area contributed by atoms with Crippen molar-refractivity contribution in [3.8, 4) is 0 Å². The van der Waals surface area contributed by atoms with Gasteiger partial charge in [0.1, 0.15) is 5.82 Å². The van der Waals surface area contributed by atoms with E-state index in [9.17, 15) is 4.39 Å². The molecule has 2 rings (SSSR count). The molecule has 0 unspecified atom stereocenters. The number of fused-ring (bicyclic) bond motifs is 1. The van der Waals surface area contributed by atoms with Crippen molar-refractivity contribution in [2.75, 3.05) is 6.54 Å². The van der Waals surface area contributed by atoms with E-state index in [2.05, 4.69) is 0 Å². The minimum atomic E-state index is -0.301. The van der Waals surface area contributed by atoms with Crippen molar-refractivity contribution in [3.63, 3.8) is 0 Å². The molecule has 0 bridgehead atoms. The molecule has 1 aromatic carbocycles. The lowest BCUT2D eigenvalue weighted by atomic mass is 10.1. The maximum Gasteiger partial charge on any atom is 0.125 e. The summed E-state index contributed by atoms with van der Waals surface area (Å²) in [7, 11) is 0. The van der Waals surface area contributed by atoms with Gasteiger partial charge in [0.15, 0.2) is 0 Å². The van der Waals surface area contributed by atoms with E-state index in [0.717, 1.165) is 29.4 Å². The summed E-state index contributed by atoms with van der Waals surface area (Å²) < 4.78 is 15.3. The highest BCUT2D eigenvalue weighted by molar-refractivity contribution is 6.35. The van der Waals surface area contributed by atoms with Crippen molar-refractivity contribution < 1.29 is 4.39 Å². The maximum atomic E-state index is 13.3. The minimum Gasteiger partial charge on any atom is -0.346 e.